The first-order valence-corrected chi connectivity index (χ1v) is 9.56. The number of nitrogens with zero attached hydrogens (tertiary/aromatic N) is 2. The molecule has 0 aliphatic heterocycles. The van der Waals surface area contributed by atoms with Gasteiger partial charge in [-0.2, -0.15) is 0 Å². The fourth-order valence-corrected chi connectivity index (χ4v) is 3.02. The van der Waals surface area contributed by atoms with Crippen molar-refractivity contribution in [1.29, 1.82) is 0 Å². The third-order valence-corrected chi connectivity index (χ3v) is 4.58. The van der Waals surface area contributed by atoms with Crippen molar-refractivity contribution in [2.75, 3.05) is 6.61 Å². The van der Waals surface area contributed by atoms with Crippen molar-refractivity contribution in [3.8, 4) is 22.9 Å². The molecule has 0 atom stereocenters. The van der Waals surface area contributed by atoms with Gasteiger partial charge in [0.1, 0.15) is 19.0 Å². The van der Waals surface area contributed by atoms with Crippen LogP contribution in [0.25, 0.3) is 11.3 Å². The number of aromatic nitrogens is 2. The zero-order valence-corrected chi connectivity index (χ0v) is 15.9. The molecule has 0 saturated carbocycles. The van der Waals surface area contributed by atoms with E-state index in [-0.39, 0.29) is 5.82 Å². The molecule has 1 heterocycles. The van der Waals surface area contributed by atoms with Gasteiger partial charge in [0.25, 0.3) is 5.88 Å². The largest absolute Gasteiger partial charge is 0.483 e. The number of ether oxygens (including phenoxy) is 2. The van der Waals surface area contributed by atoms with E-state index in [0.717, 1.165) is 18.4 Å². The van der Waals surface area contributed by atoms with Gasteiger partial charge in [-0.25, -0.2) is 4.39 Å². The standard InChI is InChI=1S/C24H21FN2O2/c25-21-13-7-12-20(14-21)22-15-23(28-16-18-8-3-1-4-9-18)24(27-26-22)29-17-19-10-5-2-6-11-19/h1-3,5-8,10-15H,4,9,16-17H2. The molecule has 0 bridgehead atoms. The Kier molecular flexibility index (Phi) is 5.95. The molecule has 0 amide bonds. The Morgan fingerprint density at radius 2 is 1.79 bits per heavy atom. The number of allylic oxidation sites excluding steroid dienone is 3. The molecule has 1 aliphatic carbocycles. The summed E-state index contributed by atoms with van der Waals surface area (Å²) < 4.78 is 25.5. The van der Waals surface area contributed by atoms with Gasteiger partial charge in [-0.3, -0.25) is 0 Å². The Hall–Kier alpha value is -3.47. The van der Waals surface area contributed by atoms with Crippen LogP contribution in [-0.2, 0) is 6.61 Å². The van der Waals surface area contributed by atoms with E-state index in [4.69, 9.17) is 9.47 Å². The normalized spacial score (nSPS) is 13.1. The van der Waals surface area contributed by atoms with Gasteiger partial charge >= 0.3 is 0 Å². The van der Waals surface area contributed by atoms with Gasteiger partial charge in [0.05, 0.1) is 5.69 Å². The van der Waals surface area contributed by atoms with Crippen molar-refractivity contribution in [3.63, 3.8) is 0 Å². The van der Waals surface area contributed by atoms with Crippen molar-refractivity contribution in [3.05, 3.63) is 95.8 Å². The van der Waals surface area contributed by atoms with Gasteiger partial charge in [0.15, 0.2) is 5.75 Å². The van der Waals surface area contributed by atoms with Crippen LogP contribution in [0.4, 0.5) is 4.39 Å². The lowest BCUT2D eigenvalue weighted by atomic mass is 10.1. The van der Waals surface area contributed by atoms with Gasteiger partial charge in [0.2, 0.25) is 0 Å². The summed E-state index contributed by atoms with van der Waals surface area (Å²) in [5.74, 6) is 0.488. The fraction of sp³-hybridized carbons (Fsp3) is 0.167. The fourth-order valence-electron chi connectivity index (χ4n) is 3.02. The third-order valence-electron chi connectivity index (χ3n) is 4.58. The summed E-state index contributed by atoms with van der Waals surface area (Å²) in [5, 5.41) is 8.42. The summed E-state index contributed by atoms with van der Waals surface area (Å²) in [4.78, 5) is 0. The molecule has 4 nitrogen and oxygen atoms in total. The van der Waals surface area contributed by atoms with E-state index in [0.29, 0.717) is 36.1 Å². The molecule has 0 unspecified atom stereocenters. The van der Waals surface area contributed by atoms with E-state index in [9.17, 15) is 4.39 Å². The van der Waals surface area contributed by atoms with Crippen molar-refractivity contribution >= 4 is 0 Å². The molecular formula is C24H21FN2O2. The number of hydrogen-bond acceptors (Lipinski definition) is 4. The molecule has 3 aromatic rings. The van der Waals surface area contributed by atoms with Gasteiger partial charge in [-0.15, -0.1) is 10.2 Å². The van der Waals surface area contributed by atoms with Crippen LogP contribution >= 0.6 is 0 Å². The minimum Gasteiger partial charge on any atom is -0.483 e. The highest BCUT2D eigenvalue weighted by molar-refractivity contribution is 5.61. The smallest absolute Gasteiger partial charge is 0.276 e. The summed E-state index contributed by atoms with van der Waals surface area (Å²) in [6.07, 6.45) is 8.21. The van der Waals surface area contributed by atoms with E-state index in [1.807, 2.05) is 36.4 Å². The average Bonchev–Trinajstić information content (AvgIpc) is 2.78. The molecule has 146 valence electrons. The Balaban J connectivity index is 1.58. The molecule has 0 fully saturated rings. The van der Waals surface area contributed by atoms with Gasteiger partial charge < -0.3 is 9.47 Å². The van der Waals surface area contributed by atoms with E-state index >= 15 is 0 Å². The summed E-state index contributed by atoms with van der Waals surface area (Å²) in [6, 6.07) is 17.8. The number of hydrogen-bond donors (Lipinski definition) is 0. The lowest BCUT2D eigenvalue weighted by molar-refractivity contribution is 0.258. The molecule has 0 saturated heterocycles. The van der Waals surface area contributed by atoms with Crippen LogP contribution < -0.4 is 9.47 Å². The summed E-state index contributed by atoms with van der Waals surface area (Å²) in [6.45, 7) is 0.803. The van der Waals surface area contributed by atoms with Gasteiger partial charge in [-0.1, -0.05) is 60.7 Å². The lowest BCUT2D eigenvalue weighted by Crippen LogP contribution is -2.07. The highest BCUT2D eigenvalue weighted by Gasteiger charge is 2.13. The first-order valence-electron chi connectivity index (χ1n) is 9.56. The van der Waals surface area contributed by atoms with Crippen molar-refractivity contribution in [1.82, 2.24) is 10.2 Å². The molecular weight excluding hydrogens is 367 g/mol. The first-order chi connectivity index (χ1) is 14.3. The SMILES string of the molecule is Fc1cccc(-c2cc(OCC3=CC=CCC3)c(OCc3ccccc3)nn2)c1. The monoisotopic (exact) mass is 388 g/mol. The molecule has 0 spiro atoms. The molecule has 0 radical (unpaired) electrons. The van der Waals surface area contributed by atoms with Crippen LogP contribution in [0.5, 0.6) is 11.6 Å². The minimum absolute atomic E-state index is 0.320. The second-order valence-corrected chi connectivity index (χ2v) is 6.76. The van der Waals surface area contributed by atoms with Crippen molar-refractivity contribution < 1.29 is 13.9 Å². The lowest BCUT2D eigenvalue weighted by Gasteiger charge is -2.14. The zero-order valence-electron chi connectivity index (χ0n) is 15.9. The van der Waals surface area contributed by atoms with Crippen LogP contribution in [0.1, 0.15) is 18.4 Å². The van der Waals surface area contributed by atoms with Crippen LogP contribution in [0, 0.1) is 5.82 Å². The van der Waals surface area contributed by atoms with E-state index in [1.54, 1.807) is 18.2 Å². The summed E-state index contributed by atoms with van der Waals surface area (Å²) >= 11 is 0. The Bertz CT molecular complexity index is 1030. The second-order valence-electron chi connectivity index (χ2n) is 6.76. The average molecular weight is 388 g/mol. The maximum absolute atomic E-state index is 13.6. The Labute approximate surface area is 169 Å². The highest BCUT2D eigenvalue weighted by Crippen LogP contribution is 2.30. The maximum Gasteiger partial charge on any atom is 0.276 e. The minimum atomic E-state index is -0.324. The van der Waals surface area contributed by atoms with Crippen LogP contribution in [0.3, 0.4) is 0 Å². The van der Waals surface area contributed by atoms with E-state index in [1.165, 1.54) is 17.7 Å². The molecule has 1 aliphatic rings. The van der Waals surface area contributed by atoms with E-state index < -0.39 is 0 Å². The summed E-state index contributed by atoms with van der Waals surface area (Å²) in [5.41, 5.74) is 3.39. The van der Waals surface area contributed by atoms with Crippen LogP contribution in [0.15, 0.2) is 84.5 Å². The molecule has 0 N–H and O–H groups in total. The second kappa shape index (κ2) is 9.15. The molecule has 5 heteroatoms. The van der Waals surface area contributed by atoms with Gasteiger partial charge in [-0.05, 0) is 36.1 Å². The third kappa shape index (κ3) is 5.08. The number of halogens is 1. The molecule has 4 rings (SSSR count). The molecule has 29 heavy (non-hydrogen) atoms. The topological polar surface area (TPSA) is 44.2 Å². The predicted octanol–water partition coefficient (Wildman–Crippen LogP) is 5.52. The Morgan fingerprint density at radius 1 is 0.897 bits per heavy atom. The zero-order chi connectivity index (χ0) is 19.9. The Morgan fingerprint density at radius 3 is 2.59 bits per heavy atom. The maximum atomic E-state index is 13.6. The van der Waals surface area contributed by atoms with Crippen molar-refractivity contribution in [2.24, 2.45) is 0 Å². The molecule has 2 aromatic carbocycles. The van der Waals surface area contributed by atoms with Crippen LogP contribution in [-0.4, -0.2) is 16.8 Å². The van der Waals surface area contributed by atoms with Gasteiger partial charge in [0, 0.05) is 11.6 Å². The highest BCUT2D eigenvalue weighted by atomic mass is 19.1. The van der Waals surface area contributed by atoms with Crippen LogP contribution in [0.2, 0.25) is 0 Å². The first kappa shape index (κ1) is 18.9. The predicted molar refractivity (Wildman–Crippen MR) is 110 cm³/mol. The number of rotatable bonds is 7. The van der Waals surface area contributed by atoms with E-state index in [2.05, 4.69) is 22.3 Å². The summed E-state index contributed by atoms with van der Waals surface area (Å²) in [7, 11) is 0. The number of benzene rings is 2. The van der Waals surface area contributed by atoms with Crippen molar-refractivity contribution in [2.45, 2.75) is 19.4 Å². The quantitative estimate of drug-likeness (QED) is 0.535. The molecule has 1 aromatic heterocycles.